The standard InChI is InChI=1S/C22H25ClFNO5/c1-2-3-21(27)29-13-30-22(28)20(26)12-17(25)10-14-4-6-15(7-5-14)18-11-16(23)8-9-19(18)24/h4-9,11,17,20,26H,2-3,10,12-13,25H2,1H3/t17-,20-/m1/s1. The summed E-state index contributed by atoms with van der Waals surface area (Å²) < 4.78 is 23.4. The highest BCUT2D eigenvalue weighted by Gasteiger charge is 2.21. The van der Waals surface area contributed by atoms with Crippen molar-refractivity contribution in [2.75, 3.05) is 6.79 Å². The molecular formula is C22H25ClFNO5. The predicted molar refractivity (Wildman–Crippen MR) is 111 cm³/mol. The van der Waals surface area contributed by atoms with Crippen molar-refractivity contribution in [1.29, 1.82) is 0 Å². The number of halogens is 2. The van der Waals surface area contributed by atoms with Crippen molar-refractivity contribution in [3.05, 3.63) is 58.9 Å². The van der Waals surface area contributed by atoms with E-state index in [1.807, 2.05) is 6.92 Å². The molecule has 2 atom stereocenters. The Morgan fingerprint density at radius 2 is 1.87 bits per heavy atom. The summed E-state index contributed by atoms with van der Waals surface area (Å²) in [5, 5.41) is 10.4. The molecule has 0 unspecified atom stereocenters. The third kappa shape index (κ3) is 7.40. The summed E-state index contributed by atoms with van der Waals surface area (Å²) in [5.41, 5.74) is 7.96. The molecule has 8 heteroatoms. The summed E-state index contributed by atoms with van der Waals surface area (Å²) in [7, 11) is 0. The topological polar surface area (TPSA) is 98.8 Å². The lowest BCUT2D eigenvalue weighted by Gasteiger charge is -2.16. The summed E-state index contributed by atoms with van der Waals surface area (Å²) in [5.74, 6) is -1.75. The summed E-state index contributed by atoms with van der Waals surface area (Å²) in [6.45, 7) is 1.28. The summed E-state index contributed by atoms with van der Waals surface area (Å²) in [4.78, 5) is 23.0. The number of aliphatic hydroxyl groups is 1. The van der Waals surface area contributed by atoms with Crippen molar-refractivity contribution in [3.8, 4) is 11.1 Å². The van der Waals surface area contributed by atoms with Crippen LogP contribution in [0.3, 0.4) is 0 Å². The van der Waals surface area contributed by atoms with Crippen molar-refractivity contribution in [1.82, 2.24) is 0 Å². The lowest BCUT2D eigenvalue weighted by Crippen LogP contribution is -2.34. The second-order valence-electron chi connectivity index (χ2n) is 6.88. The Labute approximate surface area is 179 Å². The molecule has 2 aromatic rings. The number of esters is 2. The molecule has 0 fully saturated rings. The highest BCUT2D eigenvalue weighted by atomic mass is 35.5. The van der Waals surface area contributed by atoms with Gasteiger partial charge in [0.05, 0.1) is 0 Å². The minimum Gasteiger partial charge on any atom is -0.428 e. The Morgan fingerprint density at radius 1 is 1.17 bits per heavy atom. The van der Waals surface area contributed by atoms with Gasteiger partial charge in [-0.2, -0.15) is 0 Å². The van der Waals surface area contributed by atoms with Crippen molar-refractivity contribution in [2.24, 2.45) is 5.73 Å². The van der Waals surface area contributed by atoms with E-state index >= 15 is 0 Å². The zero-order chi connectivity index (χ0) is 22.1. The summed E-state index contributed by atoms with van der Waals surface area (Å²) >= 11 is 5.93. The Kier molecular flexibility index (Phi) is 9.23. The molecule has 2 aromatic carbocycles. The van der Waals surface area contributed by atoms with Crippen LogP contribution in [0.5, 0.6) is 0 Å². The Hall–Kier alpha value is -2.48. The highest BCUT2D eigenvalue weighted by molar-refractivity contribution is 6.30. The van der Waals surface area contributed by atoms with E-state index in [2.05, 4.69) is 0 Å². The van der Waals surface area contributed by atoms with Crippen LogP contribution in [0, 0.1) is 5.82 Å². The highest BCUT2D eigenvalue weighted by Crippen LogP contribution is 2.26. The van der Waals surface area contributed by atoms with Crippen LogP contribution in [-0.2, 0) is 25.5 Å². The number of hydrogen-bond acceptors (Lipinski definition) is 6. The van der Waals surface area contributed by atoms with E-state index in [1.165, 1.54) is 12.1 Å². The number of aliphatic hydroxyl groups excluding tert-OH is 1. The Morgan fingerprint density at radius 3 is 2.53 bits per heavy atom. The largest absolute Gasteiger partial charge is 0.428 e. The summed E-state index contributed by atoms with van der Waals surface area (Å²) in [6.07, 6.45) is -0.196. The molecule has 6 nitrogen and oxygen atoms in total. The Balaban J connectivity index is 1.84. The van der Waals surface area contributed by atoms with Gasteiger partial charge in [-0.25, -0.2) is 9.18 Å². The minimum absolute atomic E-state index is 0.0214. The molecule has 2 rings (SSSR count). The molecule has 0 amide bonds. The van der Waals surface area contributed by atoms with E-state index in [1.54, 1.807) is 30.3 Å². The van der Waals surface area contributed by atoms with E-state index in [4.69, 9.17) is 26.8 Å². The van der Waals surface area contributed by atoms with Crippen LogP contribution in [0.2, 0.25) is 5.02 Å². The Bertz CT molecular complexity index is 859. The number of benzene rings is 2. The van der Waals surface area contributed by atoms with Crippen LogP contribution < -0.4 is 5.73 Å². The maximum atomic E-state index is 14.0. The van der Waals surface area contributed by atoms with Crippen molar-refractivity contribution >= 4 is 23.5 Å². The molecule has 0 aliphatic rings. The third-order valence-electron chi connectivity index (χ3n) is 4.36. The fraction of sp³-hybridized carbons (Fsp3) is 0.364. The second kappa shape index (κ2) is 11.6. The van der Waals surface area contributed by atoms with Gasteiger partial charge >= 0.3 is 11.9 Å². The van der Waals surface area contributed by atoms with E-state index in [-0.39, 0.29) is 18.7 Å². The summed E-state index contributed by atoms with van der Waals surface area (Å²) in [6, 6.07) is 11.0. The van der Waals surface area contributed by atoms with Gasteiger partial charge in [-0.3, -0.25) is 4.79 Å². The van der Waals surface area contributed by atoms with Crippen LogP contribution in [0.15, 0.2) is 42.5 Å². The minimum atomic E-state index is -1.43. The molecular weight excluding hydrogens is 413 g/mol. The van der Waals surface area contributed by atoms with Gasteiger partial charge in [0.1, 0.15) is 5.82 Å². The molecule has 0 bridgehead atoms. The monoisotopic (exact) mass is 437 g/mol. The van der Waals surface area contributed by atoms with E-state index in [9.17, 15) is 19.1 Å². The number of hydrogen-bond donors (Lipinski definition) is 2. The van der Waals surface area contributed by atoms with Crippen LogP contribution in [0.4, 0.5) is 4.39 Å². The lowest BCUT2D eigenvalue weighted by atomic mass is 9.98. The SMILES string of the molecule is CCCC(=O)OCOC(=O)[C@H](O)C[C@H](N)Cc1ccc(-c2cc(Cl)ccc2F)cc1. The molecule has 0 radical (unpaired) electrons. The normalized spacial score (nSPS) is 12.8. The zero-order valence-corrected chi connectivity index (χ0v) is 17.4. The van der Waals surface area contributed by atoms with Gasteiger partial charge in [0.25, 0.3) is 0 Å². The molecule has 0 aromatic heterocycles. The maximum absolute atomic E-state index is 14.0. The first-order chi connectivity index (χ1) is 14.3. The number of nitrogens with two attached hydrogens (primary N) is 1. The quantitative estimate of drug-likeness (QED) is 0.435. The van der Waals surface area contributed by atoms with E-state index in [0.717, 1.165) is 5.56 Å². The predicted octanol–water partition coefficient (Wildman–Crippen LogP) is 3.61. The van der Waals surface area contributed by atoms with Gasteiger partial charge in [-0.15, -0.1) is 0 Å². The first-order valence-electron chi connectivity index (χ1n) is 9.60. The van der Waals surface area contributed by atoms with E-state index in [0.29, 0.717) is 29.0 Å². The average molecular weight is 438 g/mol. The van der Waals surface area contributed by atoms with Gasteiger partial charge in [0.2, 0.25) is 6.79 Å². The number of rotatable bonds is 10. The van der Waals surface area contributed by atoms with Gasteiger partial charge in [0, 0.05) is 23.0 Å². The molecule has 3 N–H and O–H groups in total. The molecule has 0 spiro atoms. The first kappa shape index (κ1) is 23.8. The second-order valence-corrected chi connectivity index (χ2v) is 7.32. The molecule has 0 saturated carbocycles. The van der Waals surface area contributed by atoms with Gasteiger partial charge in [0.15, 0.2) is 6.10 Å². The average Bonchev–Trinajstić information content (AvgIpc) is 2.70. The number of ether oxygens (including phenoxy) is 2. The van der Waals surface area contributed by atoms with Gasteiger partial charge in [-0.05, 0) is 48.6 Å². The smallest absolute Gasteiger partial charge is 0.337 e. The van der Waals surface area contributed by atoms with Gasteiger partial charge < -0.3 is 20.3 Å². The third-order valence-corrected chi connectivity index (χ3v) is 4.60. The molecule has 0 aliphatic carbocycles. The van der Waals surface area contributed by atoms with E-state index < -0.39 is 30.9 Å². The van der Waals surface area contributed by atoms with Crippen molar-refractivity contribution < 1.29 is 28.6 Å². The number of carbonyl (C=O) groups is 2. The first-order valence-corrected chi connectivity index (χ1v) is 9.98. The molecule has 0 heterocycles. The molecule has 30 heavy (non-hydrogen) atoms. The molecule has 162 valence electrons. The fourth-order valence-electron chi connectivity index (χ4n) is 2.83. The zero-order valence-electron chi connectivity index (χ0n) is 16.6. The molecule has 0 saturated heterocycles. The van der Waals surface area contributed by atoms with Crippen molar-refractivity contribution in [3.63, 3.8) is 0 Å². The number of carbonyl (C=O) groups excluding carboxylic acids is 2. The maximum Gasteiger partial charge on any atom is 0.337 e. The van der Waals surface area contributed by atoms with Crippen LogP contribution >= 0.6 is 11.6 Å². The fourth-order valence-corrected chi connectivity index (χ4v) is 3.01. The van der Waals surface area contributed by atoms with Crippen LogP contribution in [0.1, 0.15) is 31.7 Å². The molecule has 0 aliphatic heterocycles. The van der Waals surface area contributed by atoms with Crippen LogP contribution in [0.25, 0.3) is 11.1 Å². The lowest BCUT2D eigenvalue weighted by molar-refractivity contribution is -0.173. The van der Waals surface area contributed by atoms with Crippen LogP contribution in [-0.4, -0.2) is 36.0 Å². The van der Waals surface area contributed by atoms with Crippen molar-refractivity contribution in [2.45, 2.75) is 44.8 Å². The van der Waals surface area contributed by atoms with Gasteiger partial charge in [-0.1, -0.05) is 42.8 Å².